The third kappa shape index (κ3) is 4.91. The van der Waals surface area contributed by atoms with Crippen molar-refractivity contribution in [3.8, 4) is 5.75 Å². The van der Waals surface area contributed by atoms with Crippen LogP contribution in [-0.2, 0) is 9.53 Å². The molecule has 0 aliphatic carbocycles. The van der Waals surface area contributed by atoms with Crippen molar-refractivity contribution in [3.63, 3.8) is 0 Å². The van der Waals surface area contributed by atoms with Gasteiger partial charge >= 0.3 is 5.97 Å². The molecule has 110 valence electrons. The van der Waals surface area contributed by atoms with Gasteiger partial charge in [-0.25, -0.2) is 0 Å². The summed E-state index contributed by atoms with van der Waals surface area (Å²) in [7, 11) is 0. The van der Waals surface area contributed by atoms with Crippen LogP contribution in [0.25, 0.3) is 10.8 Å². The Balaban J connectivity index is 1.72. The standard InChI is InChI=1S/C17H19NO3/c1-13(18)11-17(19)21-10-4-9-20-16-8-7-14-5-2-3-6-15(14)12-16/h2-3,5-8,12,18H,4,9-11H2,1H3. The quantitative estimate of drug-likeness (QED) is 0.480. The van der Waals surface area contributed by atoms with Crippen LogP contribution >= 0.6 is 0 Å². The Morgan fingerprint density at radius 3 is 2.62 bits per heavy atom. The normalized spacial score (nSPS) is 10.3. The average molecular weight is 285 g/mol. The molecule has 0 atom stereocenters. The van der Waals surface area contributed by atoms with E-state index in [1.54, 1.807) is 6.92 Å². The summed E-state index contributed by atoms with van der Waals surface area (Å²) in [5.41, 5.74) is 0.312. The van der Waals surface area contributed by atoms with E-state index in [0.717, 1.165) is 11.1 Å². The smallest absolute Gasteiger partial charge is 0.311 e. The fourth-order valence-electron chi connectivity index (χ4n) is 1.96. The van der Waals surface area contributed by atoms with Gasteiger partial charge < -0.3 is 14.9 Å². The second kappa shape index (κ2) is 7.43. The van der Waals surface area contributed by atoms with Gasteiger partial charge in [0.15, 0.2) is 0 Å². The molecule has 0 aliphatic heterocycles. The minimum Gasteiger partial charge on any atom is -0.493 e. The maximum Gasteiger partial charge on any atom is 0.311 e. The molecule has 0 aromatic heterocycles. The van der Waals surface area contributed by atoms with Crippen LogP contribution in [0.5, 0.6) is 5.75 Å². The average Bonchev–Trinajstić information content (AvgIpc) is 2.46. The summed E-state index contributed by atoms with van der Waals surface area (Å²) in [6, 6.07) is 14.1. The number of fused-ring (bicyclic) bond motifs is 1. The largest absolute Gasteiger partial charge is 0.493 e. The second-order valence-electron chi connectivity index (χ2n) is 4.89. The van der Waals surface area contributed by atoms with Crippen LogP contribution in [0.2, 0.25) is 0 Å². The number of nitrogens with one attached hydrogen (secondary N) is 1. The lowest BCUT2D eigenvalue weighted by Crippen LogP contribution is -2.11. The van der Waals surface area contributed by atoms with Crippen molar-refractivity contribution in [2.75, 3.05) is 13.2 Å². The van der Waals surface area contributed by atoms with Gasteiger partial charge in [0.1, 0.15) is 5.75 Å². The Bertz CT molecular complexity index is 637. The van der Waals surface area contributed by atoms with E-state index in [1.165, 1.54) is 5.39 Å². The first-order valence-electron chi connectivity index (χ1n) is 6.96. The van der Waals surface area contributed by atoms with Crippen molar-refractivity contribution < 1.29 is 14.3 Å². The molecule has 0 radical (unpaired) electrons. The molecule has 21 heavy (non-hydrogen) atoms. The highest BCUT2D eigenvalue weighted by Crippen LogP contribution is 2.20. The topological polar surface area (TPSA) is 59.4 Å². The number of carbonyl (C=O) groups is 1. The third-order valence-corrected chi connectivity index (χ3v) is 2.95. The van der Waals surface area contributed by atoms with Crippen molar-refractivity contribution in [1.29, 1.82) is 5.41 Å². The summed E-state index contributed by atoms with van der Waals surface area (Å²) in [4.78, 5) is 11.2. The molecule has 0 saturated heterocycles. The molecule has 0 fully saturated rings. The van der Waals surface area contributed by atoms with Gasteiger partial charge in [-0.3, -0.25) is 4.79 Å². The first kappa shape index (κ1) is 15.0. The fraction of sp³-hybridized carbons (Fsp3) is 0.294. The lowest BCUT2D eigenvalue weighted by Gasteiger charge is -2.08. The van der Waals surface area contributed by atoms with E-state index in [-0.39, 0.29) is 12.4 Å². The van der Waals surface area contributed by atoms with Gasteiger partial charge in [-0.1, -0.05) is 30.3 Å². The van der Waals surface area contributed by atoms with Crippen LogP contribution in [0.4, 0.5) is 0 Å². The summed E-state index contributed by atoms with van der Waals surface area (Å²) in [5.74, 6) is 0.462. The molecular formula is C17H19NO3. The minimum atomic E-state index is -0.354. The molecule has 4 heteroatoms. The Morgan fingerprint density at radius 1 is 1.10 bits per heavy atom. The first-order valence-corrected chi connectivity index (χ1v) is 6.96. The first-order chi connectivity index (χ1) is 10.1. The number of hydrogen-bond donors (Lipinski definition) is 1. The van der Waals surface area contributed by atoms with E-state index < -0.39 is 0 Å². The molecule has 4 nitrogen and oxygen atoms in total. The second-order valence-corrected chi connectivity index (χ2v) is 4.89. The van der Waals surface area contributed by atoms with Crippen LogP contribution in [0, 0.1) is 5.41 Å². The van der Waals surface area contributed by atoms with E-state index in [4.69, 9.17) is 14.9 Å². The highest BCUT2D eigenvalue weighted by atomic mass is 16.5. The van der Waals surface area contributed by atoms with Gasteiger partial charge in [0.25, 0.3) is 0 Å². The van der Waals surface area contributed by atoms with Gasteiger partial charge in [-0.05, 0) is 29.8 Å². The van der Waals surface area contributed by atoms with Gasteiger partial charge in [0.2, 0.25) is 0 Å². The number of rotatable bonds is 7. The van der Waals surface area contributed by atoms with Crippen LogP contribution in [0.15, 0.2) is 42.5 Å². The number of ether oxygens (including phenoxy) is 2. The van der Waals surface area contributed by atoms with E-state index in [0.29, 0.717) is 25.3 Å². The Morgan fingerprint density at radius 2 is 1.86 bits per heavy atom. The zero-order chi connectivity index (χ0) is 15.1. The summed E-state index contributed by atoms with van der Waals surface area (Å²) in [5, 5.41) is 9.52. The zero-order valence-electron chi connectivity index (χ0n) is 12.1. The van der Waals surface area contributed by atoms with E-state index >= 15 is 0 Å². The molecular weight excluding hydrogens is 266 g/mol. The van der Waals surface area contributed by atoms with Crippen LogP contribution < -0.4 is 4.74 Å². The molecule has 0 saturated carbocycles. The van der Waals surface area contributed by atoms with E-state index in [9.17, 15) is 4.79 Å². The van der Waals surface area contributed by atoms with E-state index in [2.05, 4.69) is 6.07 Å². The summed E-state index contributed by atoms with van der Waals surface area (Å²) in [6.07, 6.45) is 0.696. The van der Waals surface area contributed by atoms with Gasteiger partial charge in [0.05, 0.1) is 19.6 Å². The zero-order valence-corrected chi connectivity index (χ0v) is 12.1. The van der Waals surface area contributed by atoms with Gasteiger partial charge in [0, 0.05) is 12.1 Å². The summed E-state index contributed by atoms with van der Waals surface area (Å²) in [6.45, 7) is 2.40. The molecule has 0 heterocycles. The minimum absolute atomic E-state index is 0.0610. The lowest BCUT2D eigenvalue weighted by molar-refractivity contribution is -0.142. The van der Waals surface area contributed by atoms with Crippen molar-refractivity contribution in [1.82, 2.24) is 0 Å². The van der Waals surface area contributed by atoms with Gasteiger partial charge in [-0.15, -0.1) is 0 Å². The Labute approximate surface area is 124 Å². The van der Waals surface area contributed by atoms with Crippen molar-refractivity contribution in [2.24, 2.45) is 0 Å². The monoisotopic (exact) mass is 285 g/mol. The molecule has 1 N–H and O–H groups in total. The molecule has 2 aromatic rings. The highest BCUT2D eigenvalue weighted by Gasteiger charge is 2.03. The predicted molar refractivity (Wildman–Crippen MR) is 83.0 cm³/mol. The molecule has 0 aliphatic rings. The van der Waals surface area contributed by atoms with Crippen molar-refractivity contribution in [3.05, 3.63) is 42.5 Å². The summed E-state index contributed by atoms with van der Waals surface area (Å²) >= 11 is 0. The molecule has 0 unspecified atom stereocenters. The number of benzene rings is 2. The molecule has 0 spiro atoms. The molecule has 0 bridgehead atoms. The Hall–Kier alpha value is -2.36. The van der Waals surface area contributed by atoms with Crippen molar-refractivity contribution in [2.45, 2.75) is 19.8 Å². The Kier molecular flexibility index (Phi) is 5.32. The molecule has 2 rings (SSSR count). The highest BCUT2D eigenvalue weighted by molar-refractivity contribution is 5.95. The summed E-state index contributed by atoms with van der Waals surface area (Å²) < 4.78 is 10.6. The maximum absolute atomic E-state index is 11.2. The molecule has 0 amide bonds. The predicted octanol–water partition coefficient (Wildman–Crippen LogP) is 3.58. The molecule has 2 aromatic carbocycles. The number of carbonyl (C=O) groups excluding carboxylic acids is 1. The lowest BCUT2D eigenvalue weighted by atomic mass is 10.1. The third-order valence-electron chi connectivity index (χ3n) is 2.95. The van der Waals surface area contributed by atoms with Gasteiger partial charge in [-0.2, -0.15) is 0 Å². The fourth-order valence-corrected chi connectivity index (χ4v) is 1.96. The van der Waals surface area contributed by atoms with E-state index in [1.807, 2.05) is 36.4 Å². The van der Waals surface area contributed by atoms with Crippen LogP contribution in [0.1, 0.15) is 19.8 Å². The SMILES string of the molecule is CC(=N)CC(=O)OCCCOc1ccc2ccccc2c1. The van der Waals surface area contributed by atoms with Crippen molar-refractivity contribution >= 4 is 22.5 Å². The van der Waals surface area contributed by atoms with Crippen LogP contribution in [-0.4, -0.2) is 24.9 Å². The number of hydrogen-bond acceptors (Lipinski definition) is 4. The maximum atomic E-state index is 11.2. The van der Waals surface area contributed by atoms with Crippen LogP contribution in [0.3, 0.4) is 0 Å². The number of esters is 1.